The van der Waals surface area contributed by atoms with Crippen LogP contribution in [0.25, 0.3) is 0 Å². The molecule has 1 N–H and O–H groups in total. The van der Waals surface area contributed by atoms with Crippen LogP contribution < -0.4 is 10.1 Å². The van der Waals surface area contributed by atoms with Crippen LogP contribution in [-0.4, -0.2) is 60.0 Å². The third kappa shape index (κ3) is 4.62. The van der Waals surface area contributed by atoms with E-state index in [2.05, 4.69) is 22.4 Å². The molecule has 1 saturated heterocycles. The van der Waals surface area contributed by atoms with Crippen LogP contribution in [-0.2, 0) is 16.6 Å². The highest BCUT2D eigenvalue weighted by atomic mass is 16.5. The molecule has 2 atom stereocenters. The van der Waals surface area contributed by atoms with Gasteiger partial charge < -0.3 is 14.8 Å². The molecular formula is C19H26N4O3. The number of carbonyl (C=O) groups excluding carboxylic acids is 1. The fourth-order valence-corrected chi connectivity index (χ4v) is 3.20. The Kier molecular flexibility index (Phi) is 6.25. The van der Waals surface area contributed by atoms with E-state index in [0.29, 0.717) is 26.2 Å². The maximum absolute atomic E-state index is 12.1. The molecule has 0 unspecified atom stereocenters. The van der Waals surface area contributed by atoms with Crippen LogP contribution in [0.4, 0.5) is 0 Å². The van der Waals surface area contributed by atoms with Crippen molar-refractivity contribution in [1.29, 1.82) is 0 Å². The highest BCUT2D eigenvalue weighted by molar-refractivity contribution is 5.76. The number of aromatic nitrogens is 2. The second-order valence-electron chi connectivity index (χ2n) is 6.43. The number of aryl methyl sites for hydroxylation is 1. The minimum Gasteiger partial charge on any atom is -0.493 e. The lowest BCUT2D eigenvalue weighted by Crippen LogP contribution is -2.49. The molecule has 0 aliphatic carbocycles. The Bertz CT molecular complexity index is 704. The standard InChI is InChI=1S/C19H26N4O3/c1-22-11-13-26-17(19(22)16-8-10-21-23(16)2)14-20-18(24)9-12-25-15-6-4-3-5-7-15/h3-8,10,17,19H,9,11-14H2,1-2H3,(H,20,24)/t17-,19-/m0/s1. The van der Waals surface area contributed by atoms with E-state index in [4.69, 9.17) is 9.47 Å². The Hall–Kier alpha value is -2.38. The number of benzene rings is 1. The van der Waals surface area contributed by atoms with Crippen molar-refractivity contribution in [2.24, 2.45) is 7.05 Å². The average molecular weight is 358 g/mol. The van der Waals surface area contributed by atoms with Crippen LogP contribution in [0.2, 0.25) is 0 Å². The molecule has 0 saturated carbocycles. The van der Waals surface area contributed by atoms with Crippen LogP contribution >= 0.6 is 0 Å². The summed E-state index contributed by atoms with van der Waals surface area (Å²) in [7, 11) is 4.00. The number of nitrogens with one attached hydrogen (secondary N) is 1. The van der Waals surface area contributed by atoms with Crippen molar-refractivity contribution >= 4 is 5.91 Å². The van der Waals surface area contributed by atoms with Gasteiger partial charge in [0.1, 0.15) is 5.75 Å². The van der Waals surface area contributed by atoms with E-state index in [1.54, 1.807) is 6.20 Å². The Morgan fingerprint density at radius 2 is 2.12 bits per heavy atom. The average Bonchev–Trinajstić information content (AvgIpc) is 3.06. The van der Waals surface area contributed by atoms with Gasteiger partial charge in [-0.1, -0.05) is 18.2 Å². The van der Waals surface area contributed by atoms with Crippen molar-refractivity contribution in [3.05, 3.63) is 48.3 Å². The molecule has 140 valence electrons. The lowest BCUT2D eigenvalue weighted by atomic mass is 10.0. The number of carbonyl (C=O) groups is 1. The molecule has 1 fully saturated rings. The number of hydrogen-bond acceptors (Lipinski definition) is 5. The van der Waals surface area contributed by atoms with Gasteiger partial charge in [0.2, 0.25) is 5.91 Å². The number of rotatable bonds is 7. The molecule has 0 radical (unpaired) electrons. The second-order valence-corrected chi connectivity index (χ2v) is 6.43. The SMILES string of the molecule is CN1CCO[C@@H](CNC(=O)CCOc2ccccc2)[C@@H]1c1ccnn1C. The normalized spacial score (nSPS) is 20.7. The summed E-state index contributed by atoms with van der Waals surface area (Å²) in [4.78, 5) is 14.4. The monoisotopic (exact) mass is 358 g/mol. The number of para-hydroxylation sites is 1. The molecule has 7 nitrogen and oxygen atoms in total. The van der Waals surface area contributed by atoms with Gasteiger partial charge in [-0.25, -0.2) is 0 Å². The van der Waals surface area contributed by atoms with Crippen LogP contribution in [0, 0.1) is 0 Å². The van der Waals surface area contributed by atoms with E-state index in [1.807, 2.05) is 48.1 Å². The summed E-state index contributed by atoms with van der Waals surface area (Å²) in [6.07, 6.45) is 1.99. The van der Waals surface area contributed by atoms with Crippen molar-refractivity contribution in [2.75, 3.05) is 33.4 Å². The third-order valence-corrected chi connectivity index (χ3v) is 4.61. The summed E-state index contributed by atoms with van der Waals surface area (Å²) < 4.78 is 13.4. The largest absolute Gasteiger partial charge is 0.493 e. The fraction of sp³-hybridized carbons (Fsp3) is 0.474. The van der Waals surface area contributed by atoms with E-state index in [-0.39, 0.29) is 18.1 Å². The maximum Gasteiger partial charge on any atom is 0.223 e. The van der Waals surface area contributed by atoms with Crippen molar-refractivity contribution in [3.8, 4) is 5.75 Å². The first kappa shape index (κ1) is 18.4. The molecule has 1 amide bonds. The first-order valence-electron chi connectivity index (χ1n) is 8.89. The molecule has 7 heteroatoms. The van der Waals surface area contributed by atoms with E-state index in [0.717, 1.165) is 18.0 Å². The summed E-state index contributed by atoms with van der Waals surface area (Å²) in [5.74, 6) is 0.732. The zero-order valence-electron chi connectivity index (χ0n) is 15.3. The van der Waals surface area contributed by atoms with E-state index in [1.165, 1.54) is 0 Å². The van der Waals surface area contributed by atoms with Gasteiger partial charge in [0.15, 0.2) is 0 Å². The van der Waals surface area contributed by atoms with Gasteiger partial charge in [0.25, 0.3) is 0 Å². The zero-order chi connectivity index (χ0) is 18.4. The van der Waals surface area contributed by atoms with Gasteiger partial charge in [-0.05, 0) is 25.2 Å². The molecule has 1 aliphatic rings. The molecule has 1 aromatic heterocycles. The first-order valence-corrected chi connectivity index (χ1v) is 8.89. The summed E-state index contributed by atoms with van der Waals surface area (Å²) in [6, 6.07) is 11.6. The van der Waals surface area contributed by atoms with Gasteiger partial charge >= 0.3 is 0 Å². The van der Waals surface area contributed by atoms with Crippen molar-refractivity contribution in [2.45, 2.75) is 18.6 Å². The third-order valence-electron chi connectivity index (χ3n) is 4.61. The highest BCUT2D eigenvalue weighted by Crippen LogP contribution is 2.27. The molecule has 26 heavy (non-hydrogen) atoms. The lowest BCUT2D eigenvalue weighted by molar-refractivity contribution is -0.123. The minimum absolute atomic E-state index is 0.0403. The molecular weight excluding hydrogens is 332 g/mol. The van der Waals surface area contributed by atoms with Crippen LogP contribution in [0.3, 0.4) is 0 Å². The van der Waals surface area contributed by atoms with Crippen molar-refractivity contribution < 1.29 is 14.3 Å². The molecule has 2 aromatic rings. The lowest BCUT2D eigenvalue weighted by Gasteiger charge is -2.39. The van der Waals surface area contributed by atoms with Crippen LogP contribution in [0.15, 0.2) is 42.6 Å². The number of amides is 1. The number of morpholine rings is 1. The fourth-order valence-electron chi connectivity index (χ4n) is 3.20. The number of likely N-dealkylation sites (N-methyl/N-ethyl adjacent to an activating group) is 1. The van der Waals surface area contributed by atoms with Crippen LogP contribution in [0.5, 0.6) is 5.75 Å². The maximum atomic E-state index is 12.1. The number of ether oxygens (including phenoxy) is 2. The summed E-state index contributed by atoms with van der Waals surface area (Å²) in [6.45, 7) is 2.32. The van der Waals surface area contributed by atoms with Crippen molar-refractivity contribution in [3.63, 3.8) is 0 Å². The topological polar surface area (TPSA) is 68.6 Å². The second kappa shape index (κ2) is 8.82. The molecule has 1 aliphatic heterocycles. The Morgan fingerprint density at radius 1 is 1.31 bits per heavy atom. The molecule has 1 aromatic carbocycles. The number of nitrogens with zero attached hydrogens (tertiary/aromatic N) is 3. The Balaban J connectivity index is 1.49. The molecule has 0 bridgehead atoms. The highest BCUT2D eigenvalue weighted by Gasteiger charge is 2.33. The van der Waals surface area contributed by atoms with Crippen molar-refractivity contribution in [1.82, 2.24) is 20.0 Å². The van der Waals surface area contributed by atoms with E-state index in [9.17, 15) is 4.79 Å². The first-order chi connectivity index (χ1) is 12.6. The number of hydrogen-bond donors (Lipinski definition) is 1. The van der Waals surface area contributed by atoms with Gasteiger partial charge in [0, 0.05) is 26.3 Å². The van der Waals surface area contributed by atoms with Gasteiger partial charge in [0.05, 0.1) is 37.5 Å². The molecule has 0 spiro atoms. The Morgan fingerprint density at radius 3 is 2.85 bits per heavy atom. The summed E-state index contributed by atoms with van der Waals surface area (Å²) >= 11 is 0. The van der Waals surface area contributed by atoms with E-state index < -0.39 is 0 Å². The summed E-state index contributed by atoms with van der Waals surface area (Å²) in [5, 5.41) is 7.23. The van der Waals surface area contributed by atoms with Gasteiger partial charge in [-0.15, -0.1) is 0 Å². The van der Waals surface area contributed by atoms with Gasteiger partial charge in [-0.2, -0.15) is 5.10 Å². The van der Waals surface area contributed by atoms with Gasteiger partial charge in [-0.3, -0.25) is 14.4 Å². The molecule has 2 heterocycles. The minimum atomic E-state index is -0.108. The smallest absolute Gasteiger partial charge is 0.223 e. The van der Waals surface area contributed by atoms with Crippen LogP contribution in [0.1, 0.15) is 18.2 Å². The summed E-state index contributed by atoms with van der Waals surface area (Å²) in [5.41, 5.74) is 1.08. The zero-order valence-corrected chi connectivity index (χ0v) is 15.3. The van der Waals surface area contributed by atoms with E-state index >= 15 is 0 Å². The molecule has 3 rings (SSSR count). The quantitative estimate of drug-likeness (QED) is 0.810. The predicted octanol–water partition coefficient (Wildman–Crippen LogP) is 1.38. The predicted molar refractivity (Wildman–Crippen MR) is 97.9 cm³/mol. The Labute approximate surface area is 153 Å².